The van der Waals surface area contributed by atoms with Crippen molar-refractivity contribution in [2.75, 3.05) is 0 Å². The molecule has 0 bridgehead atoms. The van der Waals surface area contributed by atoms with Gasteiger partial charge in [0.05, 0.1) is 9.77 Å². The van der Waals surface area contributed by atoms with Gasteiger partial charge in [0.2, 0.25) is 0 Å². The number of carbonyl (C=O) groups is 1. The first-order valence-electron chi connectivity index (χ1n) is 6.43. The van der Waals surface area contributed by atoms with Gasteiger partial charge in [-0.3, -0.25) is 9.78 Å². The Morgan fingerprint density at radius 3 is 2.77 bits per heavy atom. The number of aryl methyl sites for hydroxylation is 1. The third-order valence-electron chi connectivity index (χ3n) is 3.23. The first-order chi connectivity index (χ1) is 10.5. The maximum atomic E-state index is 12.5. The molecule has 0 spiro atoms. The number of nitrogens with one attached hydrogen (secondary N) is 1. The molecule has 1 amide bonds. The predicted octanol–water partition coefficient (Wildman–Crippen LogP) is 2.72. The second-order valence-electron chi connectivity index (χ2n) is 4.72. The van der Waals surface area contributed by atoms with Crippen LogP contribution in [0.1, 0.15) is 15.2 Å². The number of pyridine rings is 1. The molecule has 7 heteroatoms. The summed E-state index contributed by atoms with van der Waals surface area (Å²) < 4.78 is 27.2. The van der Waals surface area contributed by atoms with Gasteiger partial charge in [-0.15, -0.1) is 11.3 Å². The Balaban J connectivity index is 2.02. The van der Waals surface area contributed by atoms with Crippen molar-refractivity contribution in [2.24, 2.45) is 0 Å². The van der Waals surface area contributed by atoms with Gasteiger partial charge in [0.1, 0.15) is 0 Å². The second kappa shape index (κ2) is 5.51. The van der Waals surface area contributed by atoms with Gasteiger partial charge < -0.3 is 0 Å². The molecule has 5 nitrogen and oxygen atoms in total. The summed E-state index contributed by atoms with van der Waals surface area (Å²) in [5.41, 5.74) is 0.750. The van der Waals surface area contributed by atoms with Crippen molar-refractivity contribution in [3.8, 4) is 0 Å². The number of aromatic nitrogens is 1. The Hall–Kier alpha value is -2.25. The average molecular weight is 332 g/mol. The lowest BCUT2D eigenvalue weighted by atomic mass is 10.2. The summed E-state index contributed by atoms with van der Waals surface area (Å²) in [5, 5.41) is 2.98. The fraction of sp³-hybridized carbons (Fsp3) is 0.0667. The number of nitrogens with zero attached hydrogens (tertiary/aromatic N) is 1. The number of hydrogen-bond donors (Lipinski definition) is 1. The summed E-state index contributed by atoms with van der Waals surface area (Å²) in [6.45, 7) is 1.77. The van der Waals surface area contributed by atoms with E-state index in [-0.39, 0.29) is 4.90 Å². The van der Waals surface area contributed by atoms with E-state index in [1.54, 1.807) is 42.8 Å². The number of carbonyl (C=O) groups excluding carboxylic acids is 1. The summed E-state index contributed by atoms with van der Waals surface area (Å²) in [6, 6.07) is 8.26. The van der Waals surface area contributed by atoms with E-state index >= 15 is 0 Å². The number of hydrogen-bond acceptors (Lipinski definition) is 5. The Morgan fingerprint density at radius 2 is 2.05 bits per heavy atom. The summed E-state index contributed by atoms with van der Waals surface area (Å²) >= 11 is 1.21. The van der Waals surface area contributed by atoms with E-state index < -0.39 is 15.9 Å². The molecule has 2 heterocycles. The van der Waals surface area contributed by atoms with Crippen LogP contribution in [0, 0.1) is 6.92 Å². The monoisotopic (exact) mass is 332 g/mol. The summed E-state index contributed by atoms with van der Waals surface area (Å²) in [6.07, 6.45) is 3.10. The smallest absolute Gasteiger partial charge is 0.267 e. The van der Waals surface area contributed by atoms with E-state index in [9.17, 15) is 13.2 Å². The molecule has 0 fully saturated rings. The molecule has 22 heavy (non-hydrogen) atoms. The third kappa shape index (κ3) is 2.60. The molecular formula is C15H12N2O3S2. The number of sulfonamides is 1. The van der Waals surface area contributed by atoms with Crippen LogP contribution in [0.15, 0.2) is 53.0 Å². The summed E-state index contributed by atoms with van der Waals surface area (Å²) in [5.74, 6) is -0.612. The van der Waals surface area contributed by atoms with Crippen molar-refractivity contribution >= 4 is 38.0 Å². The number of amides is 1. The molecule has 2 aromatic heterocycles. The minimum Gasteiger partial charge on any atom is -0.267 e. The van der Waals surface area contributed by atoms with Crippen LogP contribution in [0.25, 0.3) is 10.8 Å². The maximum absolute atomic E-state index is 12.5. The van der Waals surface area contributed by atoms with Gasteiger partial charge in [-0.1, -0.05) is 12.1 Å². The van der Waals surface area contributed by atoms with E-state index in [2.05, 4.69) is 9.71 Å². The number of fused-ring (bicyclic) bond motifs is 1. The van der Waals surface area contributed by atoms with E-state index in [1.807, 2.05) is 0 Å². The zero-order valence-corrected chi connectivity index (χ0v) is 13.2. The largest absolute Gasteiger partial charge is 0.275 e. The number of benzene rings is 1. The summed E-state index contributed by atoms with van der Waals surface area (Å²) in [7, 11) is -3.95. The Morgan fingerprint density at radius 1 is 1.23 bits per heavy atom. The van der Waals surface area contributed by atoms with Crippen LogP contribution in [0.2, 0.25) is 0 Å². The highest BCUT2D eigenvalue weighted by Crippen LogP contribution is 2.23. The molecule has 0 radical (unpaired) electrons. The van der Waals surface area contributed by atoms with Crippen molar-refractivity contribution in [1.82, 2.24) is 9.71 Å². The van der Waals surface area contributed by atoms with Gasteiger partial charge in [-0.25, -0.2) is 13.1 Å². The lowest BCUT2D eigenvalue weighted by Gasteiger charge is -2.09. The molecule has 3 aromatic rings. The van der Waals surface area contributed by atoms with Gasteiger partial charge in [0.15, 0.2) is 0 Å². The first kappa shape index (κ1) is 14.7. The predicted molar refractivity (Wildman–Crippen MR) is 85.5 cm³/mol. The molecule has 0 aliphatic rings. The molecule has 1 aromatic carbocycles. The Labute approximate surface area is 131 Å². The molecule has 0 saturated heterocycles. The topological polar surface area (TPSA) is 76.1 Å². The quantitative estimate of drug-likeness (QED) is 0.800. The normalized spacial score (nSPS) is 11.5. The van der Waals surface area contributed by atoms with E-state index in [1.165, 1.54) is 23.6 Å². The third-order valence-corrected chi connectivity index (χ3v) is 5.63. The second-order valence-corrected chi connectivity index (χ2v) is 7.29. The van der Waals surface area contributed by atoms with Crippen LogP contribution in [0.3, 0.4) is 0 Å². The zero-order valence-electron chi connectivity index (χ0n) is 11.6. The fourth-order valence-corrected chi connectivity index (χ4v) is 4.23. The van der Waals surface area contributed by atoms with Crippen molar-refractivity contribution < 1.29 is 13.2 Å². The van der Waals surface area contributed by atoms with Gasteiger partial charge in [0.25, 0.3) is 15.9 Å². The Kier molecular flexibility index (Phi) is 3.67. The summed E-state index contributed by atoms with van der Waals surface area (Å²) in [4.78, 5) is 16.6. The Bertz CT molecular complexity index is 956. The van der Waals surface area contributed by atoms with E-state index in [0.717, 1.165) is 5.56 Å². The lowest BCUT2D eigenvalue weighted by molar-refractivity contribution is 0.0985. The molecule has 112 valence electrons. The van der Waals surface area contributed by atoms with Crippen LogP contribution in [-0.4, -0.2) is 19.3 Å². The van der Waals surface area contributed by atoms with Crippen molar-refractivity contribution in [2.45, 2.75) is 11.8 Å². The molecule has 0 atom stereocenters. The van der Waals surface area contributed by atoms with Crippen LogP contribution >= 0.6 is 11.3 Å². The molecule has 0 aliphatic carbocycles. The fourth-order valence-electron chi connectivity index (χ4n) is 2.16. The molecule has 0 unspecified atom stereocenters. The van der Waals surface area contributed by atoms with Gasteiger partial charge in [0, 0.05) is 23.2 Å². The van der Waals surface area contributed by atoms with Crippen LogP contribution in [-0.2, 0) is 10.0 Å². The average Bonchev–Trinajstić information content (AvgIpc) is 2.92. The first-order valence-corrected chi connectivity index (χ1v) is 8.79. The zero-order chi connectivity index (χ0) is 15.7. The van der Waals surface area contributed by atoms with Gasteiger partial charge >= 0.3 is 0 Å². The SMILES string of the molecule is Cc1ccsc1C(=O)NS(=O)(=O)c1cccc2cnccc12. The van der Waals surface area contributed by atoms with E-state index in [0.29, 0.717) is 15.6 Å². The molecule has 0 aliphatic heterocycles. The van der Waals surface area contributed by atoms with Gasteiger partial charge in [-0.2, -0.15) is 0 Å². The molecule has 0 saturated carbocycles. The molecule has 1 N–H and O–H groups in total. The van der Waals surface area contributed by atoms with Crippen molar-refractivity contribution in [3.05, 3.63) is 58.5 Å². The minimum atomic E-state index is -3.95. The lowest BCUT2D eigenvalue weighted by Crippen LogP contribution is -2.30. The number of thiophene rings is 1. The van der Waals surface area contributed by atoms with Crippen molar-refractivity contribution in [3.63, 3.8) is 0 Å². The van der Waals surface area contributed by atoms with Gasteiger partial charge in [-0.05, 0) is 36.1 Å². The molecular weight excluding hydrogens is 320 g/mol. The van der Waals surface area contributed by atoms with Crippen LogP contribution in [0.4, 0.5) is 0 Å². The highest BCUT2D eigenvalue weighted by Gasteiger charge is 2.22. The van der Waals surface area contributed by atoms with E-state index in [4.69, 9.17) is 0 Å². The number of rotatable bonds is 3. The van der Waals surface area contributed by atoms with Crippen LogP contribution in [0.5, 0.6) is 0 Å². The van der Waals surface area contributed by atoms with Crippen LogP contribution < -0.4 is 4.72 Å². The molecule has 3 rings (SSSR count). The standard InChI is InChI=1S/C15H12N2O3S2/c1-10-6-8-21-14(10)15(18)17-22(19,20)13-4-2-3-11-9-16-7-5-12(11)13/h2-9H,1H3,(H,17,18). The highest BCUT2D eigenvalue weighted by molar-refractivity contribution is 7.90. The maximum Gasteiger partial charge on any atom is 0.275 e. The minimum absolute atomic E-state index is 0.0648. The highest BCUT2D eigenvalue weighted by atomic mass is 32.2. The van der Waals surface area contributed by atoms with Crippen molar-refractivity contribution in [1.29, 1.82) is 0 Å².